The standard InChI is InChI=1S/C9H9BrN4/c10-7-4-2-1-3-6(7)9-8(5-11)12-14-13-9/h1-4,8-9,12-14H. The lowest BCUT2D eigenvalue weighted by molar-refractivity contribution is 0.554. The molecule has 0 amide bonds. The van der Waals surface area contributed by atoms with Crippen molar-refractivity contribution in [1.82, 2.24) is 16.4 Å². The maximum absolute atomic E-state index is 8.88. The van der Waals surface area contributed by atoms with Gasteiger partial charge in [-0.25, -0.2) is 10.9 Å². The molecule has 5 heteroatoms. The Morgan fingerprint density at radius 3 is 2.79 bits per heavy atom. The third-order valence-corrected chi connectivity index (χ3v) is 2.89. The first kappa shape index (κ1) is 9.62. The summed E-state index contributed by atoms with van der Waals surface area (Å²) >= 11 is 3.46. The van der Waals surface area contributed by atoms with E-state index in [4.69, 9.17) is 5.26 Å². The highest BCUT2D eigenvalue weighted by Crippen LogP contribution is 2.26. The van der Waals surface area contributed by atoms with E-state index in [1.165, 1.54) is 0 Å². The van der Waals surface area contributed by atoms with E-state index in [0.29, 0.717) is 0 Å². The molecule has 2 rings (SSSR count). The van der Waals surface area contributed by atoms with Crippen LogP contribution in [0.2, 0.25) is 0 Å². The quantitative estimate of drug-likeness (QED) is 0.698. The van der Waals surface area contributed by atoms with Gasteiger partial charge in [-0.2, -0.15) is 10.8 Å². The van der Waals surface area contributed by atoms with Crippen LogP contribution >= 0.6 is 15.9 Å². The lowest BCUT2D eigenvalue weighted by Gasteiger charge is -2.13. The van der Waals surface area contributed by atoms with Crippen molar-refractivity contribution in [2.24, 2.45) is 0 Å². The summed E-state index contributed by atoms with van der Waals surface area (Å²) in [5, 5.41) is 8.88. The molecule has 1 aliphatic heterocycles. The fraction of sp³-hybridized carbons (Fsp3) is 0.222. The van der Waals surface area contributed by atoms with E-state index in [1.54, 1.807) is 0 Å². The molecule has 72 valence electrons. The topological polar surface area (TPSA) is 59.9 Å². The molecule has 1 fully saturated rings. The second kappa shape index (κ2) is 4.07. The summed E-state index contributed by atoms with van der Waals surface area (Å²) in [6, 6.07) is 9.75. The van der Waals surface area contributed by atoms with E-state index < -0.39 is 0 Å². The van der Waals surface area contributed by atoms with Gasteiger partial charge in [-0.15, -0.1) is 0 Å². The number of rotatable bonds is 1. The van der Waals surface area contributed by atoms with Crippen LogP contribution in [0.25, 0.3) is 0 Å². The molecule has 1 aliphatic rings. The van der Waals surface area contributed by atoms with E-state index in [-0.39, 0.29) is 12.1 Å². The molecular weight excluding hydrogens is 244 g/mol. The van der Waals surface area contributed by atoms with Crippen molar-refractivity contribution in [2.75, 3.05) is 0 Å². The molecule has 2 unspecified atom stereocenters. The summed E-state index contributed by atoms with van der Waals surface area (Å²) in [6.45, 7) is 0. The second-order valence-corrected chi connectivity index (χ2v) is 3.87. The van der Waals surface area contributed by atoms with Crippen LogP contribution in [0.4, 0.5) is 0 Å². The largest absolute Gasteiger partial charge is 0.234 e. The number of halogens is 1. The van der Waals surface area contributed by atoms with E-state index in [2.05, 4.69) is 38.4 Å². The molecule has 4 nitrogen and oxygen atoms in total. The first-order valence-corrected chi connectivity index (χ1v) is 5.02. The average molecular weight is 253 g/mol. The molecule has 3 N–H and O–H groups in total. The lowest BCUT2D eigenvalue weighted by Crippen LogP contribution is -2.32. The Hall–Kier alpha value is -0.930. The van der Waals surface area contributed by atoms with Gasteiger partial charge in [-0.05, 0) is 11.6 Å². The number of nitriles is 1. The van der Waals surface area contributed by atoms with Crippen molar-refractivity contribution >= 4 is 15.9 Å². The molecular formula is C9H9BrN4. The summed E-state index contributed by atoms with van der Waals surface area (Å²) in [5.41, 5.74) is 9.66. The van der Waals surface area contributed by atoms with Crippen molar-refractivity contribution in [3.05, 3.63) is 34.3 Å². The molecule has 0 radical (unpaired) electrons. The maximum atomic E-state index is 8.88. The zero-order valence-electron chi connectivity index (χ0n) is 7.29. The summed E-state index contributed by atoms with van der Waals surface area (Å²) in [4.78, 5) is 0. The average Bonchev–Trinajstić information content (AvgIpc) is 2.66. The van der Waals surface area contributed by atoms with Gasteiger partial charge in [0.1, 0.15) is 6.04 Å². The molecule has 0 bridgehead atoms. The zero-order valence-corrected chi connectivity index (χ0v) is 8.88. The highest BCUT2D eigenvalue weighted by Gasteiger charge is 2.28. The number of benzene rings is 1. The van der Waals surface area contributed by atoms with Crippen molar-refractivity contribution in [3.63, 3.8) is 0 Å². The van der Waals surface area contributed by atoms with Crippen LogP contribution in [0.1, 0.15) is 11.6 Å². The number of nitrogens with zero attached hydrogens (tertiary/aromatic N) is 1. The monoisotopic (exact) mass is 252 g/mol. The highest BCUT2D eigenvalue weighted by molar-refractivity contribution is 9.10. The number of hydrogen-bond donors (Lipinski definition) is 3. The summed E-state index contributed by atoms with van der Waals surface area (Å²) in [5.74, 6) is 0. The Morgan fingerprint density at radius 2 is 2.07 bits per heavy atom. The Bertz CT molecular complexity index is 373. The number of nitrogens with one attached hydrogen (secondary N) is 3. The molecule has 1 heterocycles. The van der Waals surface area contributed by atoms with Gasteiger partial charge in [0.05, 0.1) is 12.1 Å². The van der Waals surface area contributed by atoms with Crippen molar-refractivity contribution in [1.29, 1.82) is 5.26 Å². The van der Waals surface area contributed by atoms with E-state index in [0.717, 1.165) is 10.0 Å². The van der Waals surface area contributed by atoms with E-state index in [9.17, 15) is 0 Å². The van der Waals surface area contributed by atoms with Crippen LogP contribution in [0.3, 0.4) is 0 Å². The first-order valence-electron chi connectivity index (χ1n) is 4.23. The fourth-order valence-corrected chi connectivity index (χ4v) is 1.99. The summed E-state index contributed by atoms with van der Waals surface area (Å²) < 4.78 is 1.00. The molecule has 2 atom stereocenters. The SMILES string of the molecule is N#CC1NNNC1c1ccccc1Br. The predicted molar refractivity (Wildman–Crippen MR) is 55.7 cm³/mol. The van der Waals surface area contributed by atoms with E-state index >= 15 is 0 Å². The molecule has 1 aromatic rings. The zero-order chi connectivity index (χ0) is 9.97. The van der Waals surface area contributed by atoms with Gasteiger partial charge in [0.15, 0.2) is 0 Å². The van der Waals surface area contributed by atoms with Crippen LogP contribution in [0, 0.1) is 11.3 Å². The van der Waals surface area contributed by atoms with E-state index in [1.807, 2.05) is 24.3 Å². The molecule has 0 saturated carbocycles. The molecule has 1 aromatic carbocycles. The van der Waals surface area contributed by atoms with Gasteiger partial charge < -0.3 is 0 Å². The van der Waals surface area contributed by atoms with Crippen molar-refractivity contribution < 1.29 is 0 Å². The number of hydrazine groups is 2. The molecule has 0 spiro atoms. The van der Waals surface area contributed by atoms with Gasteiger partial charge in [-0.3, -0.25) is 0 Å². The van der Waals surface area contributed by atoms with Gasteiger partial charge in [0.2, 0.25) is 0 Å². The highest BCUT2D eigenvalue weighted by atomic mass is 79.9. The maximum Gasteiger partial charge on any atom is 0.130 e. The predicted octanol–water partition coefficient (Wildman–Crippen LogP) is 0.995. The smallest absolute Gasteiger partial charge is 0.130 e. The Balaban J connectivity index is 2.31. The fourth-order valence-electron chi connectivity index (χ4n) is 1.46. The summed E-state index contributed by atoms with van der Waals surface area (Å²) in [6.07, 6.45) is 0. The summed E-state index contributed by atoms with van der Waals surface area (Å²) in [7, 11) is 0. The minimum Gasteiger partial charge on any atom is -0.234 e. The van der Waals surface area contributed by atoms with Crippen LogP contribution in [-0.4, -0.2) is 6.04 Å². The lowest BCUT2D eigenvalue weighted by atomic mass is 10.0. The van der Waals surface area contributed by atoms with Gasteiger partial charge in [0, 0.05) is 4.47 Å². The van der Waals surface area contributed by atoms with Crippen LogP contribution < -0.4 is 16.4 Å². The Labute approximate surface area is 90.4 Å². The van der Waals surface area contributed by atoms with Crippen molar-refractivity contribution in [3.8, 4) is 6.07 Å². The first-order chi connectivity index (χ1) is 6.83. The molecule has 1 saturated heterocycles. The van der Waals surface area contributed by atoms with Gasteiger partial charge in [0.25, 0.3) is 0 Å². The molecule has 14 heavy (non-hydrogen) atoms. The molecule has 0 aromatic heterocycles. The minimum atomic E-state index is -0.256. The van der Waals surface area contributed by atoms with Gasteiger partial charge in [-0.1, -0.05) is 34.1 Å². The van der Waals surface area contributed by atoms with Crippen molar-refractivity contribution in [2.45, 2.75) is 12.1 Å². The second-order valence-electron chi connectivity index (χ2n) is 3.02. The van der Waals surface area contributed by atoms with Crippen LogP contribution in [0.5, 0.6) is 0 Å². The third kappa shape index (κ3) is 1.65. The normalized spacial score (nSPS) is 26.0. The van der Waals surface area contributed by atoms with Crippen LogP contribution in [0.15, 0.2) is 28.7 Å². The Morgan fingerprint density at radius 1 is 1.29 bits per heavy atom. The number of hydrogen-bond acceptors (Lipinski definition) is 4. The third-order valence-electron chi connectivity index (χ3n) is 2.17. The van der Waals surface area contributed by atoms with Gasteiger partial charge >= 0.3 is 0 Å². The minimum absolute atomic E-state index is 0.0319. The molecule has 0 aliphatic carbocycles. The Kier molecular flexibility index (Phi) is 2.79. The van der Waals surface area contributed by atoms with Crippen LogP contribution in [-0.2, 0) is 0 Å².